The number of hydrogen-bond acceptors (Lipinski definition) is 2. The Hall–Kier alpha value is -1.55. The fourth-order valence-electron chi connectivity index (χ4n) is 2.69. The average Bonchev–Trinajstić information content (AvgIpc) is 2.45. The largest absolute Gasteiger partial charge is 0.338 e. The van der Waals surface area contributed by atoms with Crippen LogP contribution in [-0.2, 0) is 0 Å². The van der Waals surface area contributed by atoms with E-state index in [-0.39, 0.29) is 6.03 Å². The first kappa shape index (κ1) is 14.9. The van der Waals surface area contributed by atoms with Crippen molar-refractivity contribution in [1.29, 1.82) is 0 Å². The van der Waals surface area contributed by atoms with Gasteiger partial charge in [0.15, 0.2) is 0 Å². The van der Waals surface area contributed by atoms with Crippen molar-refractivity contribution in [3.05, 3.63) is 30.3 Å². The molecule has 4 nitrogen and oxygen atoms in total. The standard InChI is InChI=1S/C16H25N3O/c1-14-7-5-11-19(13-14)12-6-10-17-16(20)18-15-8-3-2-4-9-15/h2-4,8-9,14H,5-7,10-13H2,1H3,(H2,17,18,20)/t14-/m0/s1. The van der Waals surface area contributed by atoms with Crippen LogP contribution in [0.15, 0.2) is 30.3 Å². The van der Waals surface area contributed by atoms with E-state index in [4.69, 9.17) is 0 Å². The van der Waals surface area contributed by atoms with Gasteiger partial charge in [-0.3, -0.25) is 0 Å². The van der Waals surface area contributed by atoms with Crippen LogP contribution in [0.25, 0.3) is 0 Å². The van der Waals surface area contributed by atoms with Crippen molar-refractivity contribution >= 4 is 11.7 Å². The molecule has 1 aliphatic rings. The molecular formula is C16H25N3O. The van der Waals surface area contributed by atoms with Crippen LogP contribution in [0.1, 0.15) is 26.2 Å². The van der Waals surface area contributed by atoms with Gasteiger partial charge < -0.3 is 15.5 Å². The minimum atomic E-state index is -0.122. The molecule has 0 saturated carbocycles. The molecule has 2 amide bonds. The summed E-state index contributed by atoms with van der Waals surface area (Å²) in [5, 5.41) is 5.73. The van der Waals surface area contributed by atoms with Gasteiger partial charge in [0.05, 0.1) is 0 Å². The van der Waals surface area contributed by atoms with E-state index in [1.165, 1.54) is 25.9 Å². The molecule has 2 rings (SSSR count). The van der Waals surface area contributed by atoms with Crippen LogP contribution in [0.2, 0.25) is 0 Å². The number of rotatable bonds is 5. The van der Waals surface area contributed by atoms with Gasteiger partial charge in [0.2, 0.25) is 0 Å². The Morgan fingerprint density at radius 3 is 2.90 bits per heavy atom. The lowest BCUT2D eigenvalue weighted by molar-refractivity contribution is 0.182. The van der Waals surface area contributed by atoms with E-state index in [1.54, 1.807) is 0 Å². The van der Waals surface area contributed by atoms with Crippen molar-refractivity contribution in [3.63, 3.8) is 0 Å². The zero-order valence-corrected chi connectivity index (χ0v) is 12.3. The number of benzene rings is 1. The third kappa shape index (κ3) is 5.21. The van der Waals surface area contributed by atoms with Gasteiger partial charge in [-0.1, -0.05) is 25.1 Å². The Balaban J connectivity index is 1.57. The molecule has 1 aromatic carbocycles. The van der Waals surface area contributed by atoms with Gasteiger partial charge in [0.25, 0.3) is 0 Å². The summed E-state index contributed by atoms with van der Waals surface area (Å²) in [5.74, 6) is 0.818. The van der Waals surface area contributed by atoms with Crippen molar-refractivity contribution in [2.45, 2.75) is 26.2 Å². The number of carbonyl (C=O) groups is 1. The van der Waals surface area contributed by atoms with Crippen molar-refractivity contribution in [3.8, 4) is 0 Å². The topological polar surface area (TPSA) is 44.4 Å². The molecule has 0 spiro atoms. The second kappa shape index (κ2) is 7.90. The second-order valence-corrected chi connectivity index (χ2v) is 5.65. The molecule has 1 fully saturated rings. The van der Waals surface area contributed by atoms with Gasteiger partial charge in [-0.15, -0.1) is 0 Å². The number of carbonyl (C=O) groups excluding carboxylic acids is 1. The number of para-hydroxylation sites is 1. The summed E-state index contributed by atoms with van der Waals surface area (Å²) >= 11 is 0. The highest BCUT2D eigenvalue weighted by atomic mass is 16.2. The summed E-state index contributed by atoms with van der Waals surface area (Å²) in [4.78, 5) is 14.2. The maximum atomic E-state index is 11.7. The van der Waals surface area contributed by atoms with Crippen molar-refractivity contribution in [2.24, 2.45) is 5.92 Å². The quantitative estimate of drug-likeness (QED) is 0.812. The van der Waals surface area contributed by atoms with Crippen LogP contribution < -0.4 is 10.6 Å². The monoisotopic (exact) mass is 275 g/mol. The first-order valence-electron chi connectivity index (χ1n) is 7.56. The van der Waals surface area contributed by atoms with Crippen molar-refractivity contribution in [1.82, 2.24) is 10.2 Å². The molecule has 110 valence electrons. The Labute approximate surface area is 121 Å². The summed E-state index contributed by atoms with van der Waals surface area (Å²) in [7, 11) is 0. The van der Waals surface area contributed by atoms with Crippen LogP contribution in [0, 0.1) is 5.92 Å². The molecule has 20 heavy (non-hydrogen) atoms. The zero-order valence-electron chi connectivity index (χ0n) is 12.3. The van der Waals surface area contributed by atoms with E-state index in [9.17, 15) is 4.79 Å². The van der Waals surface area contributed by atoms with E-state index < -0.39 is 0 Å². The third-order valence-electron chi connectivity index (χ3n) is 3.71. The number of anilines is 1. The van der Waals surface area contributed by atoms with Gasteiger partial charge in [-0.2, -0.15) is 0 Å². The maximum absolute atomic E-state index is 11.7. The predicted molar refractivity (Wildman–Crippen MR) is 82.9 cm³/mol. The number of piperidine rings is 1. The molecule has 1 aromatic rings. The summed E-state index contributed by atoms with van der Waals surface area (Å²) < 4.78 is 0. The fourth-order valence-corrected chi connectivity index (χ4v) is 2.69. The van der Waals surface area contributed by atoms with Crippen molar-refractivity contribution < 1.29 is 4.79 Å². The molecule has 1 atom stereocenters. The Kier molecular flexibility index (Phi) is 5.87. The molecule has 1 heterocycles. The lowest BCUT2D eigenvalue weighted by Crippen LogP contribution is -2.37. The third-order valence-corrected chi connectivity index (χ3v) is 3.71. The minimum Gasteiger partial charge on any atom is -0.338 e. The van der Waals surface area contributed by atoms with E-state index in [0.717, 1.165) is 31.1 Å². The SMILES string of the molecule is C[C@H]1CCCN(CCCNC(=O)Nc2ccccc2)C1. The van der Waals surface area contributed by atoms with Crippen molar-refractivity contribution in [2.75, 3.05) is 31.5 Å². The lowest BCUT2D eigenvalue weighted by Gasteiger charge is -2.30. The summed E-state index contributed by atoms with van der Waals surface area (Å²) in [6.07, 6.45) is 3.67. The Bertz CT molecular complexity index is 407. The van der Waals surface area contributed by atoms with E-state index in [0.29, 0.717) is 0 Å². The number of hydrogen-bond donors (Lipinski definition) is 2. The van der Waals surface area contributed by atoms with E-state index in [2.05, 4.69) is 22.5 Å². The Morgan fingerprint density at radius 1 is 1.35 bits per heavy atom. The van der Waals surface area contributed by atoms with E-state index >= 15 is 0 Å². The predicted octanol–water partition coefficient (Wildman–Crippen LogP) is 2.93. The molecule has 0 bridgehead atoms. The second-order valence-electron chi connectivity index (χ2n) is 5.65. The maximum Gasteiger partial charge on any atom is 0.319 e. The highest BCUT2D eigenvalue weighted by Gasteiger charge is 2.15. The summed E-state index contributed by atoms with van der Waals surface area (Å²) in [6.45, 7) is 6.54. The minimum absolute atomic E-state index is 0.122. The smallest absolute Gasteiger partial charge is 0.319 e. The van der Waals surface area contributed by atoms with Crippen LogP contribution in [-0.4, -0.2) is 37.1 Å². The van der Waals surface area contributed by atoms with Gasteiger partial charge >= 0.3 is 6.03 Å². The first-order chi connectivity index (χ1) is 9.74. The lowest BCUT2D eigenvalue weighted by atomic mass is 10.0. The first-order valence-corrected chi connectivity index (χ1v) is 7.56. The molecule has 0 radical (unpaired) electrons. The number of nitrogens with one attached hydrogen (secondary N) is 2. The molecular weight excluding hydrogens is 250 g/mol. The van der Waals surface area contributed by atoms with Crippen LogP contribution in [0.3, 0.4) is 0 Å². The van der Waals surface area contributed by atoms with Gasteiger partial charge in [-0.25, -0.2) is 4.79 Å². The molecule has 0 aromatic heterocycles. The molecule has 0 aliphatic carbocycles. The normalized spacial score (nSPS) is 19.6. The molecule has 0 unspecified atom stereocenters. The molecule has 1 saturated heterocycles. The van der Waals surface area contributed by atoms with Gasteiger partial charge in [0, 0.05) is 18.8 Å². The molecule has 1 aliphatic heterocycles. The summed E-state index contributed by atoms with van der Waals surface area (Å²) in [5.41, 5.74) is 0.829. The van der Waals surface area contributed by atoms with Crippen LogP contribution >= 0.6 is 0 Å². The van der Waals surface area contributed by atoms with Gasteiger partial charge in [-0.05, 0) is 50.4 Å². The van der Waals surface area contributed by atoms with Gasteiger partial charge in [0.1, 0.15) is 0 Å². The summed E-state index contributed by atoms with van der Waals surface area (Å²) in [6, 6.07) is 9.40. The van der Waals surface area contributed by atoms with E-state index in [1.807, 2.05) is 30.3 Å². The fraction of sp³-hybridized carbons (Fsp3) is 0.562. The number of nitrogens with zero attached hydrogens (tertiary/aromatic N) is 1. The number of likely N-dealkylation sites (tertiary alicyclic amines) is 1. The zero-order chi connectivity index (χ0) is 14.2. The molecule has 4 heteroatoms. The number of amides is 2. The van der Waals surface area contributed by atoms with Crippen LogP contribution in [0.5, 0.6) is 0 Å². The molecule has 2 N–H and O–H groups in total. The average molecular weight is 275 g/mol. The number of urea groups is 1. The highest BCUT2D eigenvalue weighted by Crippen LogP contribution is 2.15. The Morgan fingerprint density at radius 2 is 2.15 bits per heavy atom. The highest BCUT2D eigenvalue weighted by molar-refractivity contribution is 5.89. The van der Waals surface area contributed by atoms with Crippen LogP contribution in [0.4, 0.5) is 10.5 Å².